The Bertz CT molecular complexity index is 1440. The molecule has 0 radical (unpaired) electrons. The van der Waals surface area contributed by atoms with Crippen molar-refractivity contribution >= 4 is 50.6 Å². The maximum atomic E-state index is 13.4. The van der Waals surface area contributed by atoms with Crippen LogP contribution in [0.4, 0.5) is 0 Å². The number of aromatic nitrogens is 3. The number of carbonyl (C=O) groups excluding carboxylic acids is 2. The minimum atomic E-state index is -0.420. The molecule has 1 aromatic carbocycles. The fourth-order valence-corrected chi connectivity index (χ4v) is 5.82. The molecule has 2 amide bonds. The Kier molecular flexibility index (Phi) is 4.38. The Morgan fingerprint density at radius 3 is 2.66 bits per heavy atom. The summed E-state index contributed by atoms with van der Waals surface area (Å²) < 4.78 is 1.67. The number of fused-ring (bicyclic) bond motifs is 4. The number of piperazine rings is 1. The summed E-state index contributed by atoms with van der Waals surface area (Å²) in [6.07, 6.45) is 3.41. The molecule has 8 nitrogen and oxygen atoms in total. The number of carbonyl (C=O) groups is 2. The van der Waals surface area contributed by atoms with E-state index in [1.807, 2.05) is 21.9 Å². The van der Waals surface area contributed by atoms with Crippen molar-refractivity contribution in [3.63, 3.8) is 0 Å². The Hall–Kier alpha value is -3.17. The van der Waals surface area contributed by atoms with E-state index in [4.69, 9.17) is 11.6 Å². The van der Waals surface area contributed by atoms with Crippen LogP contribution in [0.5, 0.6) is 0 Å². The van der Waals surface area contributed by atoms with Gasteiger partial charge in [0.1, 0.15) is 11.4 Å². The van der Waals surface area contributed by atoms with Gasteiger partial charge in [0.2, 0.25) is 0 Å². The molecule has 0 aliphatic carbocycles. The molecular formula is C22H18ClN5O3S. The summed E-state index contributed by atoms with van der Waals surface area (Å²) in [5.41, 5.74) is 1.24. The molecule has 162 valence electrons. The number of nitrogens with zero attached hydrogens (tertiary/aromatic N) is 4. The SMILES string of the molecule is O=C(c1cc2ccc(Cl)cc2[nH]1)N1CC2CCC(C1)N2C(=O)c1cc(=O)nc2sccn12. The lowest BCUT2D eigenvalue weighted by Crippen LogP contribution is -2.57. The van der Waals surface area contributed by atoms with E-state index >= 15 is 0 Å². The third-order valence-corrected chi connectivity index (χ3v) is 7.34. The number of hydrogen-bond donors (Lipinski definition) is 1. The molecule has 3 aromatic heterocycles. The van der Waals surface area contributed by atoms with Crippen molar-refractivity contribution in [2.24, 2.45) is 0 Å². The zero-order valence-electron chi connectivity index (χ0n) is 16.8. The quantitative estimate of drug-likeness (QED) is 0.490. The van der Waals surface area contributed by atoms with Gasteiger partial charge < -0.3 is 14.8 Å². The van der Waals surface area contributed by atoms with Crippen molar-refractivity contribution in [1.29, 1.82) is 0 Å². The van der Waals surface area contributed by atoms with Crippen LogP contribution in [0.3, 0.4) is 0 Å². The van der Waals surface area contributed by atoms with Crippen LogP contribution >= 0.6 is 22.9 Å². The molecule has 2 saturated heterocycles. The van der Waals surface area contributed by atoms with E-state index in [1.54, 1.807) is 28.1 Å². The monoisotopic (exact) mass is 467 g/mol. The molecule has 2 atom stereocenters. The number of aromatic amines is 1. The van der Waals surface area contributed by atoms with Gasteiger partial charge in [0.25, 0.3) is 17.4 Å². The van der Waals surface area contributed by atoms with Crippen molar-refractivity contribution in [1.82, 2.24) is 24.2 Å². The predicted molar refractivity (Wildman–Crippen MR) is 122 cm³/mol. The van der Waals surface area contributed by atoms with E-state index < -0.39 is 5.56 Å². The average Bonchev–Trinajstić information content (AvgIpc) is 3.47. The van der Waals surface area contributed by atoms with E-state index in [0.29, 0.717) is 34.5 Å². The van der Waals surface area contributed by atoms with E-state index in [9.17, 15) is 14.4 Å². The van der Waals surface area contributed by atoms with Crippen LogP contribution in [0.1, 0.15) is 33.8 Å². The normalized spacial score (nSPS) is 20.4. The zero-order valence-corrected chi connectivity index (χ0v) is 18.4. The third kappa shape index (κ3) is 3.03. The summed E-state index contributed by atoms with van der Waals surface area (Å²) in [5.74, 6) is -0.264. The lowest BCUT2D eigenvalue weighted by molar-refractivity contribution is 0.0353. The van der Waals surface area contributed by atoms with Gasteiger partial charge in [0.05, 0.1) is 12.1 Å². The highest BCUT2D eigenvalue weighted by molar-refractivity contribution is 7.15. The van der Waals surface area contributed by atoms with Gasteiger partial charge in [-0.05, 0) is 31.0 Å². The molecule has 0 spiro atoms. The van der Waals surface area contributed by atoms with E-state index in [1.165, 1.54) is 17.4 Å². The second kappa shape index (κ2) is 7.18. The van der Waals surface area contributed by atoms with Crippen molar-refractivity contribution in [3.05, 3.63) is 68.7 Å². The first kappa shape index (κ1) is 19.5. The second-order valence-electron chi connectivity index (χ2n) is 8.26. The lowest BCUT2D eigenvalue weighted by Gasteiger charge is -2.41. The number of likely N-dealkylation sites (tertiary alicyclic amines) is 1. The molecule has 5 heterocycles. The first-order valence-corrected chi connectivity index (χ1v) is 11.6. The number of H-pyrrole nitrogens is 1. The molecule has 2 unspecified atom stereocenters. The Morgan fingerprint density at radius 1 is 1.09 bits per heavy atom. The molecule has 1 N–H and O–H groups in total. The van der Waals surface area contributed by atoms with Gasteiger partial charge >= 0.3 is 0 Å². The van der Waals surface area contributed by atoms with E-state index in [-0.39, 0.29) is 23.9 Å². The van der Waals surface area contributed by atoms with Gasteiger partial charge in [-0.25, -0.2) is 0 Å². The summed E-state index contributed by atoms with van der Waals surface area (Å²) in [4.78, 5) is 50.0. The first-order valence-electron chi connectivity index (χ1n) is 10.3. The van der Waals surface area contributed by atoms with Gasteiger partial charge in [0, 0.05) is 46.7 Å². The third-order valence-electron chi connectivity index (χ3n) is 6.35. The number of thiazole rings is 1. The highest BCUT2D eigenvalue weighted by Gasteiger charge is 2.44. The van der Waals surface area contributed by atoms with Crippen molar-refractivity contribution in [2.45, 2.75) is 24.9 Å². The van der Waals surface area contributed by atoms with Gasteiger partial charge in [-0.3, -0.25) is 18.8 Å². The molecule has 0 saturated carbocycles. The van der Waals surface area contributed by atoms with Crippen LogP contribution in [-0.4, -0.2) is 61.2 Å². The Morgan fingerprint density at radius 2 is 1.88 bits per heavy atom. The van der Waals surface area contributed by atoms with Gasteiger partial charge in [-0.15, -0.1) is 11.3 Å². The minimum Gasteiger partial charge on any atom is -0.350 e. The molecule has 10 heteroatoms. The number of rotatable bonds is 2. The van der Waals surface area contributed by atoms with Crippen LogP contribution in [0.2, 0.25) is 5.02 Å². The fraction of sp³-hybridized carbons (Fsp3) is 0.273. The van der Waals surface area contributed by atoms with Crippen LogP contribution < -0.4 is 5.56 Å². The molecule has 2 fully saturated rings. The highest BCUT2D eigenvalue weighted by atomic mass is 35.5. The second-order valence-corrected chi connectivity index (χ2v) is 9.57. The largest absolute Gasteiger partial charge is 0.350 e. The van der Waals surface area contributed by atoms with Crippen LogP contribution in [0.15, 0.2) is 46.7 Å². The summed E-state index contributed by atoms with van der Waals surface area (Å²) in [7, 11) is 0. The molecule has 32 heavy (non-hydrogen) atoms. The van der Waals surface area contributed by atoms with Gasteiger partial charge in [0.15, 0.2) is 4.96 Å². The predicted octanol–water partition coefficient (Wildman–Crippen LogP) is 3.02. The van der Waals surface area contributed by atoms with Crippen LogP contribution in [-0.2, 0) is 0 Å². The lowest BCUT2D eigenvalue weighted by atomic mass is 10.1. The molecule has 2 bridgehead atoms. The van der Waals surface area contributed by atoms with Crippen molar-refractivity contribution in [2.75, 3.05) is 13.1 Å². The molecule has 2 aliphatic heterocycles. The molecule has 4 aromatic rings. The minimum absolute atomic E-state index is 0.0818. The zero-order chi connectivity index (χ0) is 22.0. The number of nitrogens with one attached hydrogen (secondary N) is 1. The maximum Gasteiger partial charge on any atom is 0.274 e. The van der Waals surface area contributed by atoms with Crippen molar-refractivity contribution in [3.8, 4) is 0 Å². The number of benzene rings is 1. The summed E-state index contributed by atoms with van der Waals surface area (Å²) >= 11 is 7.38. The molecule has 6 rings (SSSR count). The Balaban J connectivity index is 1.27. The number of hydrogen-bond acceptors (Lipinski definition) is 5. The molecular weight excluding hydrogens is 450 g/mol. The average molecular weight is 468 g/mol. The maximum absolute atomic E-state index is 13.4. The van der Waals surface area contributed by atoms with Crippen LogP contribution in [0, 0.1) is 0 Å². The highest BCUT2D eigenvalue weighted by Crippen LogP contribution is 2.32. The smallest absolute Gasteiger partial charge is 0.274 e. The number of amides is 2. The topological polar surface area (TPSA) is 90.8 Å². The summed E-state index contributed by atoms with van der Waals surface area (Å²) in [6, 6.07) is 8.45. The first-order chi connectivity index (χ1) is 15.5. The fourth-order valence-electron chi connectivity index (χ4n) is 4.93. The summed E-state index contributed by atoms with van der Waals surface area (Å²) in [5, 5.41) is 3.34. The van der Waals surface area contributed by atoms with Gasteiger partial charge in [-0.2, -0.15) is 4.98 Å². The van der Waals surface area contributed by atoms with E-state index in [0.717, 1.165) is 23.7 Å². The number of halogens is 1. The van der Waals surface area contributed by atoms with E-state index in [2.05, 4.69) is 9.97 Å². The molecule has 2 aliphatic rings. The Labute approximate surface area is 191 Å². The summed E-state index contributed by atoms with van der Waals surface area (Å²) in [6.45, 7) is 0.925. The van der Waals surface area contributed by atoms with Crippen LogP contribution in [0.25, 0.3) is 15.9 Å². The van der Waals surface area contributed by atoms with Gasteiger partial charge in [-0.1, -0.05) is 17.7 Å². The van der Waals surface area contributed by atoms with Crippen molar-refractivity contribution < 1.29 is 9.59 Å². The standard InChI is InChI=1S/C22H18ClN5O3S/c23-13-2-1-12-7-17(24-16(12)8-13)20(30)26-10-14-3-4-15(11-26)28(14)21(31)18-9-19(29)25-22-27(18)5-6-32-22/h1-2,5-9,14-15,24H,3-4,10-11H2.